The van der Waals surface area contributed by atoms with Crippen molar-refractivity contribution in [2.24, 2.45) is 11.8 Å². The second-order valence-electron chi connectivity index (χ2n) is 4.20. The van der Waals surface area contributed by atoms with E-state index in [2.05, 4.69) is 6.92 Å². The third-order valence-electron chi connectivity index (χ3n) is 2.90. The molecule has 2 rings (SSSR count). The summed E-state index contributed by atoms with van der Waals surface area (Å²) in [5.41, 5.74) is 0.880. The molecular weight excluding hydrogens is 231 g/mol. The van der Waals surface area contributed by atoms with Crippen molar-refractivity contribution >= 4 is 29.0 Å². The van der Waals surface area contributed by atoms with Gasteiger partial charge in [0, 0.05) is 22.4 Å². The Morgan fingerprint density at radius 2 is 2.13 bits per heavy atom. The highest BCUT2D eigenvalue weighted by atomic mass is 35.5. The Morgan fingerprint density at radius 3 is 2.67 bits per heavy atom. The zero-order chi connectivity index (χ0) is 11.0. The Morgan fingerprint density at radius 1 is 1.47 bits per heavy atom. The van der Waals surface area contributed by atoms with Gasteiger partial charge in [0.2, 0.25) is 0 Å². The molecule has 0 aromatic heterocycles. The minimum absolute atomic E-state index is 0.261. The van der Waals surface area contributed by atoms with Gasteiger partial charge in [0.1, 0.15) is 5.78 Å². The molecule has 0 bridgehead atoms. The van der Waals surface area contributed by atoms with Crippen molar-refractivity contribution in [3.05, 3.63) is 33.8 Å². The van der Waals surface area contributed by atoms with Crippen molar-refractivity contribution < 1.29 is 4.79 Å². The fourth-order valence-corrected chi connectivity index (χ4v) is 2.23. The van der Waals surface area contributed by atoms with E-state index in [4.69, 9.17) is 23.2 Å². The van der Waals surface area contributed by atoms with E-state index in [1.54, 1.807) is 12.1 Å². The lowest BCUT2D eigenvalue weighted by Gasteiger charge is -2.03. The van der Waals surface area contributed by atoms with Gasteiger partial charge in [-0.2, -0.15) is 0 Å². The largest absolute Gasteiger partial charge is 0.299 e. The number of halogens is 2. The van der Waals surface area contributed by atoms with Gasteiger partial charge < -0.3 is 0 Å². The molecule has 0 amide bonds. The maximum absolute atomic E-state index is 11.7. The second kappa shape index (κ2) is 4.15. The van der Waals surface area contributed by atoms with Crippen LogP contribution in [0.3, 0.4) is 0 Å². The van der Waals surface area contributed by atoms with Crippen LogP contribution < -0.4 is 0 Å². The van der Waals surface area contributed by atoms with Crippen LogP contribution in [0, 0.1) is 11.8 Å². The molecule has 0 N–H and O–H groups in total. The number of rotatable bonds is 3. The molecule has 0 aliphatic heterocycles. The number of carbonyl (C=O) groups excluding carboxylic acids is 1. The summed E-state index contributed by atoms with van der Waals surface area (Å²) in [6.45, 7) is 2.10. The molecule has 1 aliphatic rings. The van der Waals surface area contributed by atoms with Crippen molar-refractivity contribution in [1.29, 1.82) is 0 Å². The summed E-state index contributed by atoms with van der Waals surface area (Å²) in [5, 5.41) is 1.19. The number of carbonyl (C=O) groups is 1. The predicted molar refractivity (Wildman–Crippen MR) is 62.4 cm³/mol. The molecule has 2 unspecified atom stereocenters. The first-order valence-electron chi connectivity index (χ1n) is 5.04. The topological polar surface area (TPSA) is 17.1 Å². The molecule has 0 saturated heterocycles. The van der Waals surface area contributed by atoms with Gasteiger partial charge in [-0.05, 0) is 30.0 Å². The van der Waals surface area contributed by atoms with Gasteiger partial charge in [0.15, 0.2) is 0 Å². The third-order valence-corrected chi connectivity index (χ3v) is 3.49. The molecule has 1 nitrogen and oxygen atoms in total. The van der Waals surface area contributed by atoms with Crippen LogP contribution in [0.4, 0.5) is 0 Å². The van der Waals surface area contributed by atoms with Crippen LogP contribution in [0.5, 0.6) is 0 Å². The summed E-state index contributed by atoms with van der Waals surface area (Å²) >= 11 is 11.8. The van der Waals surface area contributed by atoms with E-state index >= 15 is 0 Å². The fourth-order valence-electron chi connectivity index (χ4n) is 1.75. The quantitative estimate of drug-likeness (QED) is 0.789. The van der Waals surface area contributed by atoms with Crippen molar-refractivity contribution in [2.45, 2.75) is 19.8 Å². The molecule has 0 radical (unpaired) electrons. The Hall–Kier alpha value is -0.530. The molecule has 3 heteroatoms. The van der Waals surface area contributed by atoms with Crippen molar-refractivity contribution in [3.8, 4) is 0 Å². The summed E-state index contributed by atoms with van der Waals surface area (Å²) in [4.78, 5) is 11.7. The smallest absolute Gasteiger partial charge is 0.140 e. The molecule has 1 aliphatic carbocycles. The standard InChI is InChI=1S/C12H12Cl2O/c1-7-4-10(7)12(15)5-8-2-3-9(13)6-11(8)14/h2-3,6-7,10H,4-5H2,1H3. The van der Waals surface area contributed by atoms with Gasteiger partial charge in [-0.15, -0.1) is 0 Å². The van der Waals surface area contributed by atoms with Crippen LogP contribution in [-0.4, -0.2) is 5.78 Å². The average molecular weight is 243 g/mol. The van der Waals surface area contributed by atoms with E-state index in [1.165, 1.54) is 0 Å². The molecule has 80 valence electrons. The minimum atomic E-state index is 0.261. The Labute approximate surface area is 99.4 Å². The Bertz CT molecular complexity index is 401. The first kappa shape index (κ1) is 11.0. The molecule has 15 heavy (non-hydrogen) atoms. The zero-order valence-electron chi connectivity index (χ0n) is 8.47. The van der Waals surface area contributed by atoms with E-state index in [9.17, 15) is 4.79 Å². The normalized spacial score (nSPS) is 23.9. The van der Waals surface area contributed by atoms with Crippen molar-refractivity contribution in [2.75, 3.05) is 0 Å². The summed E-state index contributed by atoms with van der Waals surface area (Å²) in [6, 6.07) is 5.28. The molecule has 1 fully saturated rings. The Kier molecular flexibility index (Phi) is 3.03. The highest BCUT2D eigenvalue weighted by Gasteiger charge is 2.38. The molecule has 2 atom stereocenters. The van der Waals surface area contributed by atoms with Crippen molar-refractivity contribution in [3.63, 3.8) is 0 Å². The predicted octanol–water partition coefficient (Wildman–Crippen LogP) is 3.76. The van der Waals surface area contributed by atoms with Gasteiger partial charge in [-0.1, -0.05) is 36.2 Å². The molecule has 1 aromatic carbocycles. The van der Waals surface area contributed by atoms with Gasteiger partial charge in [0.05, 0.1) is 0 Å². The van der Waals surface area contributed by atoms with Gasteiger partial charge in [0.25, 0.3) is 0 Å². The lowest BCUT2D eigenvalue weighted by atomic mass is 10.1. The summed E-state index contributed by atoms with van der Waals surface area (Å²) < 4.78 is 0. The summed E-state index contributed by atoms with van der Waals surface area (Å²) in [6.07, 6.45) is 1.47. The minimum Gasteiger partial charge on any atom is -0.299 e. The monoisotopic (exact) mass is 242 g/mol. The van der Waals surface area contributed by atoms with Crippen LogP contribution in [-0.2, 0) is 11.2 Å². The molecule has 0 spiro atoms. The lowest BCUT2D eigenvalue weighted by molar-refractivity contribution is -0.119. The number of Topliss-reactive ketones (excluding diaryl/α,β-unsaturated/α-hetero) is 1. The Balaban J connectivity index is 2.07. The molecule has 1 aromatic rings. The van der Waals surface area contributed by atoms with E-state index in [1.807, 2.05) is 6.07 Å². The van der Waals surface area contributed by atoms with Gasteiger partial charge in [-0.3, -0.25) is 4.79 Å². The summed E-state index contributed by atoms with van der Waals surface area (Å²) in [5.74, 6) is 1.12. The van der Waals surface area contributed by atoms with E-state index in [0.717, 1.165) is 12.0 Å². The van der Waals surface area contributed by atoms with Crippen LogP contribution in [0.25, 0.3) is 0 Å². The highest BCUT2D eigenvalue weighted by Crippen LogP contribution is 2.39. The SMILES string of the molecule is CC1CC1C(=O)Cc1ccc(Cl)cc1Cl. The van der Waals surface area contributed by atoms with E-state index in [0.29, 0.717) is 28.2 Å². The zero-order valence-corrected chi connectivity index (χ0v) is 9.98. The van der Waals surface area contributed by atoms with Crippen LogP contribution in [0.2, 0.25) is 10.0 Å². The first-order chi connectivity index (χ1) is 7.08. The maximum atomic E-state index is 11.7. The van der Waals surface area contributed by atoms with Crippen LogP contribution in [0.1, 0.15) is 18.9 Å². The molecule has 1 saturated carbocycles. The van der Waals surface area contributed by atoms with Crippen LogP contribution in [0.15, 0.2) is 18.2 Å². The lowest BCUT2D eigenvalue weighted by Crippen LogP contribution is -2.06. The fraction of sp³-hybridized carbons (Fsp3) is 0.417. The van der Waals surface area contributed by atoms with Crippen molar-refractivity contribution in [1.82, 2.24) is 0 Å². The van der Waals surface area contributed by atoms with Crippen LogP contribution >= 0.6 is 23.2 Å². The van der Waals surface area contributed by atoms with Gasteiger partial charge >= 0.3 is 0 Å². The number of ketones is 1. The maximum Gasteiger partial charge on any atom is 0.140 e. The highest BCUT2D eigenvalue weighted by molar-refractivity contribution is 6.35. The first-order valence-corrected chi connectivity index (χ1v) is 5.80. The second-order valence-corrected chi connectivity index (χ2v) is 5.04. The average Bonchev–Trinajstić information content (AvgIpc) is 2.88. The molecule has 0 heterocycles. The summed E-state index contributed by atoms with van der Waals surface area (Å²) in [7, 11) is 0. The number of benzene rings is 1. The number of hydrogen-bond donors (Lipinski definition) is 0. The molecular formula is C12H12Cl2O. The third kappa shape index (κ3) is 2.53. The van der Waals surface area contributed by atoms with Gasteiger partial charge in [-0.25, -0.2) is 0 Å². The van der Waals surface area contributed by atoms with E-state index < -0.39 is 0 Å². The van der Waals surface area contributed by atoms with E-state index in [-0.39, 0.29) is 5.92 Å². The number of hydrogen-bond acceptors (Lipinski definition) is 1.